The van der Waals surface area contributed by atoms with Crippen molar-refractivity contribution in [1.29, 1.82) is 0 Å². The number of hydrogen-bond acceptors (Lipinski definition) is 2. The molecule has 0 unspecified atom stereocenters. The average Bonchev–Trinajstić information content (AvgIpc) is 2.13. The van der Waals surface area contributed by atoms with Crippen LogP contribution in [-0.4, -0.2) is 12.1 Å². The highest BCUT2D eigenvalue weighted by atomic mass is 16.5. The Morgan fingerprint density at radius 2 is 1.88 bits per heavy atom. The fraction of sp³-hybridized carbons (Fsp3) is 0.786. The largest absolute Gasteiger partial charge is 0.463 e. The first-order valence-corrected chi connectivity index (χ1v) is 6.27. The van der Waals surface area contributed by atoms with Gasteiger partial charge in [-0.15, -0.1) is 0 Å². The molecule has 0 aromatic heterocycles. The summed E-state index contributed by atoms with van der Waals surface area (Å²) in [4.78, 5) is 11.3. The highest BCUT2D eigenvalue weighted by molar-refractivity contribution is 5.71. The van der Waals surface area contributed by atoms with Crippen LogP contribution in [0.4, 0.5) is 0 Å². The van der Waals surface area contributed by atoms with Crippen molar-refractivity contribution in [1.82, 2.24) is 0 Å². The van der Waals surface area contributed by atoms with E-state index in [4.69, 9.17) is 4.74 Å². The highest BCUT2D eigenvalue weighted by Crippen LogP contribution is 2.12. The molecule has 2 nitrogen and oxygen atoms in total. The van der Waals surface area contributed by atoms with Gasteiger partial charge in [0, 0.05) is 0 Å². The maximum absolute atomic E-state index is 11.3. The lowest BCUT2D eigenvalue weighted by Gasteiger charge is -2.07. The van der Waals surface area contributed by atoms with E-state index in [9.17, 15) is 4.79 Å². The molecule has 0 atom stereocenters. The van der Waals surface area contributed by atoms with Gasteiger partial charge in [-0.3, -0.25) is 4.79 Å². The van der Waals surface area contributed by atoms with Crippen LogP contribution in [0.15, 0.2) is 11.6 Å². The Bertz CT molecular complexity index is 227. The SMILES string of the molecule is C/C(=C\CC(=O)OC(C)C)CCCC(C)C. The molecule has 16 heavy (non-hydrogen) atoms. The number of esters is 1. The summed E-state index contributed by atoms with van der Waals surface area (Å²) in [7, 11) is 0. The van der Waals surface area contributed by atoms with Crippen LogP contribution >= 0.6 is 0 Å². The van der Waals surface area contributed by atoms with Crippen molar-refractivity contribution in [3.05, 3.63) is 11.6 Å². The molecule has 0 N–H and O–H groups in total. The van der Waals surface area contributed by atoms with Gasteiger partial charge < -0.3 is 4.74 Å². The average molecular weight is 226 g/mol. The van der Waals surface area contributed by atoms with E-state index in [1.54, 1.807) is 0 Å². The molecule has 0 aromatic rings. The van der Waals surface area contributed by atoms with Crippen LogP contribution in [-0.2, 0) is 9.53 Å². The Morgan fingerprint density at radius 1 is 1.25 bits per heavy atom. The normalized spacial score (nSPS) is 12.3. The first kappa shape index (κ1) is 15.2. The predicted octanol–water partition coefficient (Wildman–Crippen LogP) is 4.10. The van der Waals surface area contributed by atoms with E-state index in [-0.39, 0.29) is 12.1 Å². The number of carbonyl (C=O) groups excluding carboxylic acids is 1. The summed E-state index contributed by atoms with van der Waals surface area (Å²) in [6.45, 7) is 10.3. The van der Waals surface area contributed by atoms with Gasteiger partial charge in [-0.1, -0.05) is 31.9 Å². The van der Waals surface area contributed by atoms with Crippen LogP contribution in [0.25, 0.3) is 0 Å². The molecular weight excluding hydrogens is 200 g/mol. The summed E-state index contributed by atoms with van der Waals surface area (Å²) in [5, 5.41) is 0. The zero-order valence-electron chi connectivity index (χ0n) is 11.4. The van der Waals surface area contributed by atoms with Crippen molar-refractivity contribution in [3.8, 4) is 0 Å². The Labute approximate surface area is 100 Å². The van der Waals surface area contributed by atoms with Crippen LogP contribution in [0.3, 0.4) is 0 Å². The van der Waals surface area contributed by atoms with Crippen molar-refractivity contribution in [2.45, 2.75) is 66.4 Å². The second-order valence-corrected chi connectivity index (χ2v) is 5.08. The van der Waals surface area contributed by atoms with Gasteiger partial charge in [-0.2, -0.15) is 0 Å². The second-order valence-electron chi connectivity index (χ2n) is 5.08. The summed E-state index contributed by atoms with van der Waals surface area (Å²) in [6, 6.07) is 0. The lowest BCUT2D eigenvalue weighted by atomic mass is 10.0. The Kier molecular flexibility index (Phi) is 7.96. The van der Waals surface area contributed by atoms with Gasteiger partial charge in [0.1, 0.15) is 0 Å². The molecule has 0 saturated heterocycles. The summed E-state index contributed by atoms with van der Waals surface area (Å²) in [5.74, 6) is 0.636. The van der Waals surface area contributed by atoms with E-state index < -0.39 is 0 Å². The third-order valence-corrected chi connectivity index (χ3v) is 2.34. The monoisotopic (exact) mass is 226 g/mol. The predicted molar refractivity (Wildman–Crippen MR) is 68.3 cm³/mol. The van der Waals surface area contributed by atoms with E-state index in [0.717, 1.165) is 12.3 Å². The maximum Gasteiger partial charge on any atom is 0.309 e. The van der Waals surface area contributed by atoms with Gasteiger partial charge >= 0.3 is 5.97 Å². The molecule has 0 aromatic carbocycles. The van der Waals surface area contributed by atoms with Crippen LogP contribution in [0.1, 0.15) is 60.3 Å². The van der Waals surface area contributed by atoms with E-state index in [1.807, 2.05) is 19.9 Å². The van der Waals surface area contributed by atoms with Gasteiger partial charge in [-0.05, 0) is 39.5 Å². The van der Waals surface area contributed by atoms with E-state index in [1.165, 1.54) is 18.4 Å². The standard InChI is InChI=1S/C14H26O2/c1-11(2)7-6-8-13(5)9-10-14(15)16-12(3)4/h9,11-12H,6-8,10H2,1-5H3/b13-9+. The summed E-state index contributed by atoms with van der Waals surface area (Å²) < 4.78 is 5.06. The van der Waals surface area contributed by atoms with Gasteiger partial charge in [0.2, 0.25) is 0 Å². The minimum atomic E-state index is -0.127. The number of rotatable bonds is 7. The fourth-order valence-electron chi connectivity index (χ4n) is 1.46. The second kappa shape index (κ2) is 8.37. The van der Waals surface area contributed by atoms with Gasteiger partial charge in [0.25, 0.3) is 0 Å². The Morgan fingerprint density at radius 3 is 2.38 bits per heavy atom. The minimum absolute atomic E-state index is 0.0119. The quantitative estimate of drug-likeness (QED) is 0.482. The number of ether oxygens (including phenoxy) is 1. The third-order valence-electron chi connectivity index (χ3n) is 2.34. The van der Waals surface area contributed by atoms with Crippen LogP contribution < -0.4 is 0 Å². The van der Waals surface area contributed by atoms with Gasteiger partial charge in [-0.25, -0.2) is 0 Å². The molecule has 0 aliphatic rings. The Balaban J connectivity index is 3.73. The zero-order chi connectivity index (χ0) is 12.6. The first-order valence-electron chi connectivity index (χ1n) is 6.27. The molecule has 0 aliphatic heterocycles. The molecule has 0 fully saturated rings. The van der Waals surface area contributed by atoms with Crippen LogP contribution in [0.2, 0.25) is 0 Å². The van der Waals surface area contributed by atoms with Crippen molar-refractivity contribution < 1.29 is 9.53 Å². The van der Waals surface area contributed by atoms with Crippen molar-refractivity contribution in [2.24, 2.45) is 5.92 Å². The molecule has 0 heterocycles. The maximum atomic E-state index is 11.3. The molecule has 0 saturated carbocycles. The lowest BCUT2D eigenvalue weighted by molar-refractivity contribution is -0.146. The minimum Gasteiger partial charge on any atom is -0.463 e. The first-order chi connectivity index (χ1) is 7.41. The molecule has 0 aliphatic carbocycles. The summed E-state index contributed by atoms with van der Waals surface area (Å²) in [5.41, 5.74) is 1.29. The lowest BCUT2D eigenvalue weighted by Crippen LogP contribution is -2.10. The zero-order valence-corrected chi connectivity index (χ0v) is 11.4. The molecular formula is C14H26O2. The smallest absolute Gasteiger partial charge is 0.309 e. The molecule has 0 amide bonds. The molecule has 0 spiro atoms. The van der Waals surface area contributed by atoms with Gasteiger partial charge in [0.05, 0.1) is 12.5 Å². The van der Waals surface area contributed by atoms with Crippen LogP contribution in [0, 0.1) is 5.92 Å². The van der Waals surface area contributed by atoms with Crippen LogP contribution in [0.5, 0.6) is 0 Å². The molecule has 94 valence electrons. The molecule has 0 bridgehead atoms. The van der Waals surface area contributed by atoms with E-state index >= 15 is 0 Å². The Hall–Kier alpha value is -0.790. The molecule has 0 radical (unpaired) electrons. The topological polar surface area (TPSA) is 26.3 Å². The summed E-state index contributed by atoms with van der Waals surface area (Å²) >= 11 is 0. The van der Waals surface area contributed by atoms with Crippen molar-refractivity contribution in [3.63, 3.8) is 0 Å². The highest BCUT2D eigenvalue weighted by Gasteiger charge is 2.03. The third kappa shape index (κ3) is 9.75. The fourth-order valence-corrected chi connectivity index (χ4v) is 1.46. The van der Waals surface area contributed by atoms with E-state index in [0.29, 0.717) is 6.42 Å². The van der Waals surface area contributed by atoms with Gasteiger partial charge in [0.15, 0.2) is 0 Å². The van der Waals surface area contributed by atoms with Crippen molar-refractivity contribution >= 4 is 5.97 Å². The summed E-state index contributed by atoms with van der Waals surface area (Å²) in [6.07, 6.45) is 5.94. The molecule has 2 heteroatoms. The number of carbonyl (C=O) groups is 1. The number of allylic oxidation sites excluding steroid dienone is 1. The molecule has 0 rings (SSSR count). The van der Waals surface area contributed by atoms with Crippen molar-refractivity contribution in [2.75, 3.05) is 0 Å². The van der Waals surface area contributed by atoms with E-state index in [2.05, 4.69) is 20.8 Å². The number of hydrogen-bond donors (Lipinski definition) is 0.